The normalized spacial score (nSPS) is 17.0. The number of amides is 1. The topological polar surface area (TPSA) is 114 Å². The second-order valence-electron chi connectivity index (χ2n) is 7.52. The summed E-state index contributed by atoms with van der Waals surface area (Å²) in [7, 11) is -3.94. The number of nitro benzene ring substituents is 1. The quantitative estimate of drug-likeness (QED) is 0.322. The molecule has 1 fully saturated rings. The summed E-state index contributed by atoms with van der Waals surface area (Å²) in [5, 5.41) is 14.2. The Kier molecular flexibility index (Phi) is 8.54. The van der Waals surface area contributed by atoms with Crippen molar-refractivity contribution in [2.45, 2.75) is 50.5 Å². The fraction of sp³-hybridized carbons (Fsp3) is 0.632. The van der Waals surface area contributed by atoms with E-state index in [9.17, 15) is 23.3 Å². The molecule has 29 heavy (non-hydrogen) atoms. The molecule has 0 radical (unpaired) electrons. The van der Waals surface area contributed by atoms with E-state index < -0.39 is 20.6 Å². The van der Waals surface area contributed by atoms with Gasteiger partial charge < -0.3 is 10.2 Å². The maximum atomic E-state index is 12.8. The van der Waals surface area contributed by atoms with E-state index in [-0.39, 0.29) is 29.9 Å². The van der Waals surface area contributed by atoms with Crippen LogP contribution in [0, 0.1) is 10.1 Å². The molecule has 0 aromatic heterocycles. The van der Waals surface area contributed by atoms with Gasteiger partial charge >= 0.3 is 0 Å². The number of piperazine rings is 1. The van der Waals surface area contributed by atoms with Crippen molar-refractivity contribution in [1.82, 2.24) is 9.62 Å². The number of nitro groups is 1. The van der Waals surface area contributed by atoms with Gasteiger partial charge in [-0.25, -0.2) is 8.42 Å². The maximum absolute atomic E-state index is 12.8. The first kappa shape index (κ1) is 23.2. The summed E-state index contributed by atoms with van der Waals surface area (Å²) >= 11 is 0. The molecule has 1 aliphatic rings. The Hall–Kier alpha value is -2.04. The van der Waals surface area contributed by atoms with Gasteiger partial charge in [0.25, 0.3) is 11.6 Å². The molecule has 1 saturated heterocycles. The molecular formula is C19H31N4O5S+. The van der Waals surface area contributed by atoms with Gasteiger partial charge in [-0.05, 0) is 19.4 Å². The second kappa shape index (κ2) is 10.7. The molecule has 1 aromatic rings. The Bertz CT molecular complexity index is 807. The molecule has 162 valence electrons. The van der Waals surface area contributed by atoms with Crippen molar-refractivity contribution in [3.05, 3.63) is 34.4 Å². The molecule has 2 rings (SSSR count). The number of quaternary nitrogens is 1. The Morgan fingerprint density at radius 3 is 2.55 bits per heavy atom. The molecule has 9 nitrogen and oxygen atoms in total. The van der Waals surface area contributed by atoms with Crippen LogP contribution in [0.1, 0.15) is 39.5 Å². The monoisotopic (exact) mass is 427 g/mol. The third kappa shape index (κ3) is 6.48. The number of para-hydroxylation sites is 1. The van der Waals surface area contributed by atoms with Gasteiger partial charge in [0.05, 0.1) is 31.1 Å². The summed E-state index contributed by atoms with van der Waals surface area (Å²) < 4.78 is 27.0. The van der Waals surface area contributed by atoms with Crippen LogP contribution >= 0.6 is 0 Å². The van der Waals surface area contributed by atoms with Gasteiger partial charge in [0.1, 0.15) is 0 Å². The lowest BCUT2D eigenvalue weighted by Crippen LogP contribution is -3.15. The number of hydrogen-bond donors (Lipinski definition) is 2. The number of nitrogens with zero attached hydrogens (tertiary/aromatic N) is 2. The smallest absolute Gasteiger partial charge is 0.289 e. The summed E-state index contributed by atoms with van der Waals surface area (Å²) in [4.78, 5) is 23.5. The van der Waals surface area contributed by atoms with E-state index in [1.54, 1.807) is 0 Å². The van der Waals surface area contributed by atoms with Crippen molar-refractivity contribution in [3.8, 4) is 0 Å². The molecule has 0 bridgehead atoms. The highest BCUT2D eigenvalue weighted by Gasteiger charge is 2.35. The lowest BCUT2D eigenvalue weighted by atomic mass is 10.1. The van der Waals surface area contributed by atoms with Crippen LogP contribution in [0.5, 0.6) is 0 Å². The fourth-order valence-corrected chi connectivity index (χ4v) is 5.11. The van der Waals surface area contributed by atoms with Crippen molar-refractivity contribution in [3.63, 3.8) is 0 Å². The van der Waals surface area contributed by atoms with Gasteiger partial charge in [-0.2, -0.15) is 4.31 Å². The number of unbranched alkanes of at least 4 members (excludes halogenated alkanes) is 2. The SMILES string of the molecule is CCCCC[C@@H](C)NC(=O)C[NH+]1CCN(S(=O)(=O)c2ccccc2[N+](=O)[O-])CC1. The van der Waals surface area contributed by atoms with Crippen molar-refractivity contribution in [1.29, 1.82) is 0 Å². The standard InChI is InChI=1S/C19H30N4O5S/c1-3-4-5-8-16(2)20-19(24)15-21-11-13-22(14-12-21)29(27,28)18-10-7-6-9-17(18)23(25)26/h6-7,9-10,16H,3-5,8,11-15H2,1-2H3,(H,20,24)/p+1/t16-/m1/s1. The molecular weight excluding hydrogens is 396 g/mol. The van der Waals surface area contributed by atoms with Crippen LogP contribution in [0.25, 0.3) is 0 Å². The highest BCUT2D eigenvalue weighted by atomic mass is 32.2. The number of benzene rings is 1. The van der Waals surface area contributed by atoms with Crippen molar-refractivity contribution < 1.29 is 23.0 Å². The molecule has 0 aliphatic carbocycles. The molecule has 2 N–H and O–H groups in total. The summed E-state index contributed by atoms with van der Waals surface area (Å²) in [5.74, 6) is -0.0287. The minimum atomic E-state index is -3.94. The first-order valence-corrected chi connectivity index (χ1v) is 11.6. The maximum Gasteiger partial charge on any atom is 0.289 e. The third-order valence-electron chi connectivity index (χ3n) is 5.17. The van der Waals surface area contributed by atoms with Crippen LogP contribution in [0.3, 0.4) is 0 Å². The minimum absolute atomic E-state index is 0.0287. The lowest BCUT2D eigenvalue weighted by molar-refractivity contribution is -0.895. The van der Waals surface area contributed by atoms with E-state index in [1.165, 1.54) is 28.6 Å². The van der Waals surface area contributed by atoms with E-state index in [1.807, 2.05) is 6.92 Å². The van der Waals surface area contributed by atoms with E-state index in [0.29, 0.717) is 19.6 Å². The van der Waals surface area contributed by atoms with Crippen molar-refractivity contribution >= 4 is 21.6 Å². The fourth-order valence-electron chi connectivity index (χ4n) is 3.51. The van der Waals surface area contributed by atoms with Crippen LogP contribution in [-0.2, 0) is 14.8 Å². The second-order valence-corrected chi connectivity index (χ2v) is 9.43. The minimum Gasteiger partial charge on any atom is -0.349 e. The van der Waals surface area contributed by atoms with Crippen LogP contribution in [0.4, 0.5) is 5.69 Å². The largest absolute Gasteiger partial charge is 0.349 e. The molecule has 0 saturated carbocycles. The van der Waals surface area contributed by atoms with E-state index in [0.717, 1.165) is 30.6 Å². The van der Waals surface area contributed by atoms with Crippen molar-refractivity contribution in [2.24, 2.45) is 0 Å². The Balaban J connectivity index is 1.89. The van der Waals surface area contributed by atoms with Gasteiger partial charge in [0.15, 0.2) is 11.4 Å². The zero-order valence-electron chi connectivity index (χ0n) is 17.1. The summed E-state index contributed by atoms with van der Waals surface area (Å²) in [6, 6.07) is 5.52. The van der Waals surface area contributed by atoms with Gasteiger partial charge in [0, 0.05) is 12.1 Å². The zero-order chi connectivity index (χ0) is 21.4. The molecule has 1 aliphatic heterocycles. The van der Waals surface area contributed by atoms with Gasteiger partial charge in [-0.15, -0.1) is 0 Å². The molecule has 1 amide bonds. The number of nitrogens with one attached hydrogen (secondary N) is 2. The van der Waals surface area contributed by atoms with E-state index >= 15 is 0 Å². The molecule has 0 spiro atoms. The molecule has 10 heteroatoms. The first-order valence-electron chi connectivity index (χ1n) is 10.1. The van der Waals surface area contributed by atoms with Crippen LogP contribution in [0.15, 0.2) is 29.2 Å². The number of carbonyl (C=O) groups is 1. The lowest BCUT2D eigenvalue weighted by Gasteiger charge is -2.31. The summed E-state index contributed by atoms with van der Waals surface area (Å²) in [6.45, 7) is 5.86. The Morgan fingerprint density at radius 1 is 1.28 bits per heavy atom. The Morgan fingerprint density at radius 2 is 1.93 bits per heavy atom. The number of carbonyl (C=O) groups excluding carboxylic acids is 1. The van der Waals surface area contributed by atoms with Gasteiger partial charge in [-0.3, -0.25) is 14.9 Å². The molecule has 1 aromatic carbocycles. The highest BCUT2D eigenvalue weighted by Crippen LogP contribution is 2.26. The van der Waals surface area contributed by atoms with E-state index in [4.69, 9.17) is 0 Å². The summed E-state index contributed by atoms with van der Waals surface area (Å²) in [5.41, 5.74) is -0.418. The predicted octanol–water partition coefficient (Wildman–Crippen LogP) is 0.569. The van der Waals surface area contributed by atoms with Crippen LogP contribution in [0.2, 0.25) is 0 Å². The number of rotatable bonds is 10. The number of hydrogen-bond acceptors (Lipinski definition) is 5. The first-order chi connectivity index (χ1) is 13.8. The zero-order valence-corrected chi connectivity index (χ0v) is 17.9. The average molecular weight is 428 g/mol. The van der Waals surface area contributed by atoms with Crippen LogP contribution in [-0.4, -0.2) is 62.3 Å². The molecule has 1 heterocycles. The molecule has 0 unspecified atom stereocenters. The van der Waals surface area contributed by atoms with Gasteiger partial charge in [0.2, 0.25) is 10.0 Å². The average Bonchev–Trinajstić information content (AvgIpc) is 2.68. The Labute approximate surface area is 172 Å². The highest BCUT2D eigenvalue weighted by molar-refractivity contribution is 7.89. The number of sulfonamides is 1. The predicted molar refractivity (Wildman–Crippen MR) is 109 cm³/mol. The molecule has 1 atom stereocenters. The van der Waals surface area contributed by atoms with Crippen LogP contribution < -0.4 is 10.2 Å². The summed E-state index contributed by atoms with van der Waals surface area (Å²) in [6.07, 6.45) is 4.34. The van der Waals surface area contributed by atoms with Gasteiger partial charge in [-0.1, -0.05) is 38.3 Å². The third-order valence-corrected chi connectivity index (χ3v) is 7.11. The van der Waals surface area contributed by atoms with Crippen molar-refractivity contribution in [2.75, 3.05) is 32.7 Å². The van der Waals surface area contributed by atoms with E-state index in [2.05, 4.69) is 12.2 Å².